The van der Waals surface area contributed by atoms with E-state index in [1.807, 2.05) is 0 Å². The van der Waals surface area contributed by atoms with Gasteiger partial charge in [0.15, 0.2) is 0 Å². The SMILES string of the molecule is O=CC(F)(F)F.[NaH]. The number of rotatable bonds is 0. The Morgan fingerprint density at radius 1 is 1.29 bits per heavy atom. The summed E-state index contributed by atoms with van der Waals surface area (Å²) in [5.74, 6) is 0. The molecule has 0 aliphatic carbocycles. The van der Waals surface area contributed by atoms with Gasteiger partial charge in [-0.3, -0.25) is 4.79 Å². The van der Waals surface area contributed by atoms with Crippen LogP contribution in [-0.2, 0) is 4.79 Å². The van der Waals surface area contributed by atoms with Crippen LogP contribution in [0, 0.1) is 0 Å². The van der Waals surface area contributed by atoms with Gasteiger partial charge in [-0.2, -0.15) is 13.2 Å². The molecule has 0 atom stereocenters. The summed E-state index contributed by atoms with van der Waals surface area (Å²) in [7, 11) is 0. The molecule has 5 heteroatoms. The molecule has 0 aromatic carbocycles. The van der Waals surface area contributed by atoms with Crippen molar-refractivity contribution in [2.75, 3.05) is 0 Å². The Morgan fingerprint density at radius 3 is 1.43 bits per heavy atom. The molecule has 0 saturated heterocycles. The number of alkyl halides is 3. The molecule has 7 heavy (non-hydrogen) atoms. The van der Waals surface area contributed by atoms with Gasteiger partial charge in [0.2, 0.25) is 6.29 Å². The maximum atomic E-state index is 10.4. The van der Waals surface area contributed by atoms with Gasteiger partial charge in [0.1, 0.15) is 0 Å². The van der Waals surface area contributed by atoms with E-state index in [4.69, 9.17) is 4.79 Å². The number of carbonyl (C=O) groups excluding carboxylic acids is 1. The Hall–Kier alpha value is 0.460. The normalized spacial score (nSPS) is 9.57. The van der Waals surface area contributed by atoms with E-state index in [2.05, 4.69) is 0 Å². The van der Waals surface area contributed by atoms with Crippen molar-refractivity contribution in [1.82, 2.24) is 0 Å². The van der Waals surface area contributed by atoms with Gasteiger partial charge in [0, 0.05) is 0 Å². The summed E-state index contributed by atoms with van der Waals surface area (Å²) in [5, 5.41) is 0. The Kier molecular flexibility index (Phi) is 5.16. The second-order valence-corrected chi connectivity index (χ2v) is 0.659. The molecule has 0 bridgehead atoms. The molecule has 38 valence electrons. The molecular formula is C2H2F3NaO. The van der Waals surface area contributed by atoms with Crippen molar-refractivity contribution in [2.24, 2.45) is 0 Å². The van der Waals surface area contributed by atoms with Gasteiger partial charge in [-0.25, -0.2) is 0 Å². The van der Waals surface area contributed by atoms with E-state index in [0.717, 1.165) is 0 Å². The zero-order chi connectivity index (χ0) is 5.21. The van der Waals surface area contributed by atoms with Crippen molar-refractivity contribution in [2.45, 2.75) is 6.18 Å². The molecule has 0 N–H and O–H groups in total. The average molecular weight is 122 g/mol. The third-order valence-electron chi connectivity index (χ3n) is 0.134. The van der Waals surface area contributed by atoms with E-state index in [9.17, 15) is 13.2 Å². The number of hydrogen-bond acceptors (Lipinski definition) is 1. The van der Waals surface area contributed by atoms with Crippen LogP contribution in [0.1, 0.15) is 0 Å². The molecule has 0 aliphatic rings. The van der Waals surface area contributed by atoms with Gasteiger partial charge in [0.25, 0.3) is 0 Å². The predicted molar refractivity (Wildman–Crippen MR) is 19.3 cm³/mol. The van der Waals surface area contributed by atoms with E-state index in [-0.39, 0.29) is 29.6 Å². The van der Waals surface area contributed by atoms with E-state index < -0.39 is 12.5 Å². The van der Waals surface area contributed by atoms with E-state index in [0.29, 0.717) is 0 Å². The van der Waals surface area contributed by atoms with Crippen molar-refractivity contribution in [3.8, 4) is 0 Å². The molecule has 0 aliphatic heterocycles. The quantitative estimate of drug-likeness (QED) is 0.329. The third-order valence-corrected chi connectivity index (χ3v) is 0.134. The van der Waals surface area contributed by atoms with Gasteiger partial charge < -0.3 is 0 Å². The Balaban J connectivity index is 0. The van der Waals surface area contributed by atoms with E-state index in [1.165, 1.54) is 0 Å². The summed E-state index contributed by atoms with van der Waals surface area (Å²) in [5.41, 5.74) is 0. The van der Waals surface area contributed by atoms with Crippen LogP contribution >= 0.6 is 0 Å². The second kappa shape index (κ2) is 3.46. The molecule has 0 aromatic heterocycles. The molecular weight excluding hydrogens is 120 g/mol. The fraction of sp³-hybridized carbons (Fsp3) is 0.500. The number of hydrogen-bond donors (Lipinski definition) is 0. The van der Waals surface area contributed by atoms with Crippen molar-refractivity contribution in [3.05, 3.63) is 0 Å². The molecule has 0 fully saturated rings. The first-order valence-corrected chi connectivity index (χ1v) is 1.09. The van der Waals surface area contributed by atoms with Crippen LogP contribution in [0.5, 0.6) is 0 Å². The Bertz CT molecular complexity index is 58.4. The first kappa shape index (κ1) is 10.4. The van der Waals surface area contributed by atoms with E-state index >= 15 is 0 Å². The minimum absolute atomic E-state index is 0. The van der Waals surface area contributed by atoms with Crippen LogP contribution in [0.25, 0.3) is 0 Å². The average Bonchev–Trinajstić information content (AvgIpc) is 1.35. The van der Waals surface area contributed by atoms with Crippen molar-refractivity contribution >= 4 is 35.8 Å². The fourth-order valence-corrected chi connectivity index (χ4v) is 0. The van der Waals surface area contributed by atoms with Crippen LogP contribution in [0.15, 0.2) is 0 Å². The second-order valence-electron chi connectivity index (χ2n) is 0.659. The molecule has 1 nitrogen and oxygen atoms in total. The monoisotopic (exact) mass is 122 g/mol. The molecule has 0 saturated carbocycles. The van der Waals surface area contributed by atoms with Crippen LogP contribution in [-0.4, -0.2) is 42.0 Å². The van der Waals surface area contributed by atoms with Crippen LogP contribution in [0.4, 0.5) is 13.2 Å². The molecule has 0 aromatic rings. The summed E-state index contributed by atoms with van der Waals surface area (Å²) in [6.45, 7) is 0. The standard InChI is InChI=1S/C2HF3O.Na.H/c3-2(4,5)1-6;;/h1H;;. The molecule has 0 heterocycles. The van der Waals surface area contributed by atoms with Gasteiger partial charge >= 0.3 is 35.7 Å². The number of carbonyl (C=O) groups is 1. The van der Waals surface area contributed by atoms with Gasteiger partial charge in [-0.1, -0.05) is 0 Å². The van der Waals surface area contributed by atoms with Crippen LogP contribution < -0.4 is 0 Å². The van der Waals surface area contributed by atoms with E-state index in [1.54, 1.807) is 0 Å². The minimum atomic E-state index is -4.64. The summed E-state index contributed by atoms with van der Waals surface area (Å²) in [4.78, 5) is 8.70. The number of halogens is 3. The van der Waals surface area contributed by atoms with Gasteiger partial charge in [-0.15, -0.1) is 0 Å². The van der Waals surface area contributed by atoms with Gasteiger partial charge in [0.05, 0.1) is 0 Å². The zero-order valence-corrected chi connectivity index (χ0v) is 2.62. The van der Waals surface area contributed by atoms with Gasteiger partial charge in [-0.05, 0) is 0 Å². The third kappa shape index (κ3) is 10.7. The van der Waals surface area contributed by atoms with Crippen LogP contribution in [0.3, 0.4) is 0 Å². The number of aldehydes is 1. The van der Waals surface area contributed by atoms with Crippen LogP contribution in [0.2, 0.25) is 0 Å². The first-order chi connectivity index (χ1) is 2.56. The summed E-state index contributed by atoms with van der Waals surface area (Å²) in [6.07, 6.45) is -5.70. The van der Waals surface area contributed by atoms with Crippen molar-refractivity contribution in [3.63, 3.8) is 0 Å². The van der Waals surface area contributed by atoms with Crippen molar-refractivity contribution in [1.29, 1.82) is 0 Å². The Labute approximate surface area is 60.2 Å². The summed E-state index contributed by atoms with van der Waals surface area (Å²) < 4.78 is 31.2. The molecule has 0 unspecified atom stereocenters. The molecule has 0 amide bonds. The predicted octanol–water partition coefficient (Wildman–Crippen LogP) is 0.0991. The zero-order valence-electron chi connectivity index (χ0n) is 2.62. The topological polar surface area (TPSA) is 17.1 Å². The molecule has 0 rings (SSSR count). The first-order valence-electron chi connectivity index (χ1n) is 1.09. The summed E-state index contributed by atoms with van der Waals surface area (Å²) in [6, 6.07) is 0. The molecule has 0 spiro atoms. The van der Waals surface area contributed by atoms with Crippen molar-refractivity contribution < 1.29 is 18.0 Å². The fourth-order valence-electron chi connectivity index (χ4n) is 0. The maximum absolute atomic E-state index is 10.4. The molecule has 0 radical (unpaired) electrons. The Morgan fingerprint density at radius 2 is 1.43 bits per heavy atom. The summed E-state index contributed by atoms with van der Waals surface area (Å²) >= 11 is 0.